The van der Waals surface area contributed by atoms with Crippen molar-refractivity contribution in [1.29, 1.82) is 0 Å². The van der Waals surface area contributed by atoms with Gasteiger partial charge in [-0.15, -0.1) is 0 Å². The third-order valence-electron chi connectivity index (χ3n) is 5.09. The minimum atomic E-state index is -0.544. The van der Waals surface area contributed by atoms with Crippen molar-refractivity contribution in [2.75, 3.05) is 19.7 Å². The predicted octanol–water partition coefficient (Wildman–Crippen LogP) is 2.94. The van der Waals surface area contributed by atoms with E-state index < -0.39 is 5.54 Å². The van der Waals surface area contributed by atoms with Gasteiger partial charge in [0.15, 0.2) is 0 Å². The highest BCUT2D eigenvalue weighted by Gasteiger charge is 2.28. The zero-order valence-electron chi connectivity index (χ0n) is 15.2. The molecule has 1 heterocycles. The van der Waals surface area contributed by atoms with Crippen LogP contribution in [0.2, 0.25) is 0 Å². The zero-order valence-corrected chi connectivity index (χ0v) is 15.2. The molecule has 4 heteroatoms. The van der Waals surface area contributed by atoms with Crippen molar-refractivity contribution < 1.29 is 9.90 Å². The van der Waals surface area contributed by atoms with Crippen LogP contribution in [0.1, 0.15) is 32.3 Å². The van der Waals surface area contributed by atoms with E-state index in [9.17, 15) is 9.90 Å². The molecule has 1 aliphatic rings. The summed E-state index contributed by atoms with van der Waals surface area (Å²) in [7, 11) is 0. The largest absolute Gasteiger partial charge is 0.394 e. The van der Waals surface area contributed by atoms with E-state index in [-0.39, 0.29) is 18.4 Å². The number of piperidine rings is 1. The molecule has 1 aliphatic heterocycles. The summed E-state index contributed by atoms with van der Waals surface area (Å²) in [6.07, 6.45) is 1.75. The molecule has 1 fully saturated rings. The smallest absolute Gasteiger partial charge is 0.223 e. The van der Waals surface area contributed by atoms with Crippen LogP contribution in [-0.4, -0.2) is 41.1 Å². The Morgan fingerprint density at radius 3 is 2.56 bits per heavy atom. The Hall–Kier alpha value is -1.91. The fourth-order valence-electron chi connectivity index (χ4n) is 3.50. The Morgan fingerprint density at radius 2 is 1.84 bits per heavy atom. The van der Waals surface area contributed by atoms with Gasteiger partial charge in [0, 0.05) is 12.5 Å². The first-order valence-electron chi connectivity index (χ1n) is 9.10. The number of nitrogens with one attached hydrogen (secondary N) is 1. The molecule has 2 aromatic carbocycles. The average molecular weight is 340 g/mol. The van der Waals surface area contributed by atoms with Crippen molar-refractivity contribution in [3.8, 4) is 0 Å². The van der Waals surface area contributed by atoms with Crippen LogP contribution in [-0.2, 0) is 11.3 Å². The van der Waals surface area contributed by atoms with Gasteiger partial charge in [0.1, 0.15) is 0 Å². The zero-order chi connectivity index (χ0) is 17.9. The van der Waals surface area contributed by atoms with Crippen molar-refractivity contribution in [2.24, 2.45) is 5.92 Å². The monoisotopic (exact) mass is 340 g/mol. The van der Waals surface area contributed by atoms with Crippen LogP contribution in [0.3, 0.4) is 0 Å². The number of likely N-dealkylation sites (tertiary alicyclic amines) is 1. The maximum absolute atomic E-state index is 12.4. The van der Waals surface area contributed by atoms with E-state index in [1.165, 1.54) is 16.3 Å². The molecule has 0 aromatic heterocycles. The second-order valence-electron chi connectivity index (χ2n) is 7.72. The van der Waals surface area contributed by atoms with Crippen molar-refractivity contribution in [1.82, 2.24) is 10.2 Å². The van der Waals surface area contributed by atoms with Gasteiger partial charge >= 0.3 is 0 Å². The molecule has 1 saturated heterocycles. The molecule has 0 spiro atoms. The lowest BCUT2D eigenvalue weighted by molar-refractivity contribution is -0.128. The van der Waals surface area contributed by atoms with Crippen LogP contribution in [0.4, 0.5) is 0 Å². The van der Waals surface area contributed by atoms with Gasteiger partial charge in [-0.3, -0.25) is 9.69 Å². The van der Waals surface area contributed by atoms with Crippen molar-refractivity contribution in [3.05, 3.63) is 48.0 Å². The molecule has 4 nitrogen and oxygen atoms in total. The van der Waals surface area contributed by atoms with E-state index >= 15 is 0 Å². The Kier molecular flexibility index (Phi) is 5.40. The van der Waals surface area contributed by atoms with Gasteiger partial charge in [-0.2, -0.15) is 0 Å². The Morgan fingerprint density at radius 1 is 1.16 bits per heavy atom. The number of hydrogen-bond donors (Lipinski definition) is 2. The quantitative estimate of drug-likeness (QED) is 0.880. The lowest BCUT2D eigenvalue weighted by atomic mass is 9.93. The molecule has 0 unspecified atom stereocenters. The molecule has 0 saturated carbocycles. The van der Waals surface area contributed by atoms with E-state index in [0.29, 0.717) is 0 Å². The summed E-state index contributed by atoms with van der Waals surface area (Å²) in [6, 6.07) is 15.0. The lowest BCUT2D eigenvalue weighted by Crippen LogP contribution is -2.50. The van der Waals surface area contributed by atoms with Crippen LogP contribution >= 0.6 is 0 Å². The Labute approximate surface area is 149 Å². The summed E-state index contributed by atoms with van der Waals surface area (Å²) in [5, 5.41) is 14.9. The van der Waals surface area contributed by atoms with Crippen molar-refractivity contribution >= 4 is 16.7 Å². The van der Waals surface area contributed by atoms with Gasteiger partial charge in [-0.1, -0.05) is 42.5 Å². The summed E-state index contributed by atoms with van der Waals surface area (Å²) >= 11 is 0. The van der Waals surface area contributed by atoms with E-state index in [4.69, 9.17) is 0 Å². The van der Waals surface area contributed by atoms with E-state index in [0.717, 1.165) is 32.5 Å². The molecule has 3 rings (SSSR count). The number of hydrogen-bond acceptors (Lipinski definition) is 3. The summed E-state index contributed by atoms with van der Waals surface area (Å²) in [5.41, 5.74) is 0.805. The number of carbonyl (C=O) groups excluding carboxylic acids is 1. The fraction of sp³-hybridized carbons (Fsp3) is 0.476. The average Bonchev–Trinajstić information content (AvgIpc) is 2.62. The first-order chi connectivity index (χ1) is 12.0. The summed E-state index contributed by atoms with van der Waals surface area (Å²) in [4.78, 5) is 14.8. The van der Waals surface area contributed by atoms with Crippen molar-refractivity contribution in [2.45, 2.75) is 38.8 Å². The molecule has 0 bridgehead atoms. The van der Waals surface area contributed by atoms with Gasteiger partial charge in [0.25, 0.3) is 0 Å². The molecule has 134 valence electrons. The van der Waals surface area contributed by atoms with Gasteiger partial charge in [0.2, 0.25) is 5.91 Å². The molecule has 25 heavy (non-hydrogen) atoms. The highest BCUT2D eigenvalue weighted by molar-refractivity contribution is 5.85. The van der Waals surface area contributed by atoms with Crippen LogP contribution < -0.4 is 5.32 Å². The number of rotatable bonds is 5. The lowest BCUT2D eigenvalue weighted by Gasteiger charge is -2.33. The number of carbonyl (C=O) groups is 1. The molecular formula is C21H28N2O2. The van der Waals surface area contributed by atoms with Crippen LogP contribution in [0.5, 0.6) is 0 Å². The number of aliphatic hydroxyl groups is 1. The third kappa shape index (κ3) is 4.39. The minimum Gasteiger partial charge on any atom is -0.394 e. The van der Waals surface area contributed by atoms with Gasteiger partial charge in [-0.05, 0) is 56.1 Å². The van der Waals surface area contributed by atoms with E-state index in [2.05, 4.69) is 52.7 Å². The maximum Gasteiger partial charge on any atom is 0.223 e. The van der Waals surface area contributed by atoms with Crippen molar-refractivity contribution in [3.63, 3.8) is 0 Å². The summed E-state index contributed by atoms with van der Waals surface area (Å²) in [6.45, 7) is 6.44. The molecule has 0 atom stereocenters. The number of fused-ring (bicyclic) bond motifs is 1. The molecule has 2 aromatic rings. The van der Waals surface area contributed by atoms with Crippen LogP contribution in [0, 0.1) is 5.92 Å². The van der Waals surface area contributed by atoms with Crippen LogP contribution in [0.25, 0.3) is 10.8 Å². The van der Waals surface area contributed by atoms with Crippen LogP contribution in [0.15, 0.2) is 42.5 Å². The second kappa shape index (κ2) is 7.54. The normalized spacial score (nSPS) is 16.9. The Bertz CT molecular complexity index is 728. The molecule has 0 radical (unpaired) electrons. The molecule has 2 N–H and O–H groups in total. The van der Waals surface area contributed by atoms with Gasteiger partial charge in [-0.25, -0.2) is 0 Å². The predicted molar refractivity (Wildman–Crippen MR) is 101 cm³/mol. The SMILES string of the molecule is CC(C)(CO)NC(=O)C1CCN(Cc2cccc3ccccc23)CC1. The topological polar surface area (TPSA) is 52.6 Å². The number of aliphatic hydroxyl groups excluding tert-OH is 1. The molecular weight excluding hydrogens is 312 g/mol. The van der Waals surface area contributed by atoms with Gasteiger partial charge in [0.05, 0.1) is 12.1 Å². The van der Waals surface area contributed by atoms with E-state index in [1.54, 1.807) is 0 Å². The fourth-order valence-corrected chi connectivity index (χ4v) is 3.50. The third-order valence-corrected chi connectivity index (χ3v) is 5.09. The number of nitrogens with zero attached hydrogens (tertiary/aromatic N) is 1. The maximum atomic E-state index is 12.4. The summed E-state index contributed by atoms with van der Waals surface area (Å²) in [5.74, 6) is 0.124. The highest BCUT2D eigenvalue weighted by atomic mass is 16.3. The molecule has 1 amide bonds. The standard InChI is InChI=1S/C21H28N2O2/c1-21(2,15-24)22-20(25)17-10-12-23(13-11-17)14-18-8-5-7-16-6-3-4-9-19(16)18/h3-9,17,24H,10-15H2,1-2H3,(H,22,25). The first-order valence-corrected chi connectivity index (χ1v) is 9.10. The summed E-state index contributed by atoms with van der Waals surface area (Å²) < 4.78 is 0. The molecule has 0 aliphatic carbocycles. The first kappa shape index (κ1) is 17.9. The van der Waals surface area contributed by atoms with Gasteiger partial charge < -0.3 is 10.4 Å². The Balaban J connectivity index is 1.58. The van der Waals surface area contributed by atoms with E-state index in [1.807, 2.05) is 13.8 Å². The second-order valence-corrected chi connectivity index (χ2v) is 7.72. The number of amides is 1. The number of benzene rings is 2. The minimum absolute atomic E-state index is 0.0430. The highest BCUT2D eigenvalue weighted by Crippen LogP contribution is 2.24.